The zero-order valence-electron chi connectivity index (χ0n) is 13.7. The SMILES string of the molecule is CCN(CC)Cc1cnc2c(C(=O)N[C@H]3CCOC3)cnn2c1. The first-order valence-electron chi connectivity index (χ1n) is 8.14. The van der Waals surface area contributed by atoms with E-state index in [9.17, 15) is 4.79 Å². The van der Waals surface area contributed by atoms with Crippen LogP contribution in [-0.2, 0) is 11.3 Å². The number of hydrogen-bond acceptors (Lipinski definition) is 5. The van der Waals surface area contributed by atoms with E-state index in [1.54, 1.807) is 10.7 Å². The predicted octanol–water partition coefficient (Wildman–Crippen LogP) is 1.09. The maximum absolute atomic E-state index is 12.4. The van der Waals surface area contributed by atoms with E-state index in [4.69, 9.17) is 4.74 Å². The molecule has 0 unspecified atom stereocenters. The van der Waals surface area contributed by atoms with Crippen LogP contribution in [0.1, 0.15) is 36.2 Å². The largest absolute Gasteiger partial charge is 0.379 e. The second-order valence-corrected chi connectivity index (χ2v) is 5.78. The van der Waals surface area contributed by atoms with E-state index in [-0.39, 0.29) is 11.9 Å². The van der Waals surface area contributed by atoms with Crippen LogP contribution in [0.15, 0.2) is 18.6 Å². The van der Waals surface area contributed by atoms with Gasteiger partial charge < -0.3 is 10.1 Å². The molecule has 124 valence electrons. The Kier molecular flexibility index (Phi) is 4.88. The number of carbonyl (C=O) groups excluding carboxylic acids is 1. The number of amides is 1. The summed E-state index contributed by atoms with van der Waals surface area (Å²) >= 11 is 0. The molecule has 0 spiro atoms. The van der Waals surface area contributed by atoms with E-state index in [1.165, 1.54) is 0 Å². The van der Waals surface area contributed by atoms with Crippen molar-refractivity contribution in [3.63, 3.8) is 0 Å². The van der Waals surface area contributed by atoms with Crippen molar-refractivity contribution in [3.05, 3.63) is 29.7 Å². The average molecular weight is 317 g/mol. The summed E-state index contributed by atoms with van der Waals surface area (Å²) in [6.07, 6.45) is 6.20. The molecule has 1 aliphatic rings. The highest BCUT2D eigenvalue weighted by Gasteiger charge is 2.21. The zero-order chi connectivity index (χ0) is 16.2. The van der Waals surface area contributed by atoms with Crippen LogP contribution in [0.5, 0.6) is 0 Å². The van der Waals surface area contributed by atoms with Crippen LogP contribution in [0.3, 0.4) is 0 Å². The Morgan fingerprint density at radius 1 is 1.43 bits per heavy atom. The van der Waals surface area contributed by atoms with Crippen LogP contribution >= 0.6 is 0 Å². The van der Waals surface area contributed by atoms with Gasteiger partial charge in [0.15, 0.2) is 5.65 Å². The maximum atomic E-state index is 12.4. The van der Waals surface area contributed by atoms with Gasteiger partial charge in [0.2, 0.25) is 0 Å². The van der Waals surface area contributed by atoms with E-state index in [2.05, 4.69) is 34.1 Å². The third-order valence-electron chi connectivity index (χ3n) is 4.22. The Balaban J connectivity index is 1.76. The normalized spacial score (nSPS) is 18.0. The van der Waals surface area contributed by atoms with Crippen molar-refractivity contribution in [1.29, 1.82) is 0 Å². The third kappa shape index (κ3) is 3.51. The lowest BCUT2D eigenvalue weighted by molar-refractivity contribution is 0.0931. The van der Waals surface area contributed by atoms with Gasteiger partial charge in [-0.15, -0.1) is 0 Å². The van der Waals surface area contributed by atoms with E-state index in [0.29, 0.717) is 24.4 Å². The Labute approximate surface area is 135 Å². The molecule has 23 heavy (non-hydrogen) atoms. The van der Waals surface area contributed by atoms with Gasteiger partial charge in [-0.05, 0) is 19.5 Å². The molecule has 0 saturated carbocycles. The third-order valence-corrected chi connectivity index (χ3v) is 4.22. The van der Waals surface area contributed by atoms with Crippen LogP contribution in [0.2, 0.25) is 0 Å². The fourth-order valence-electron chi connectivity index (χ4n) is 2.77. The molecule has 3 heterocycles. The molecule has 0 radical (unpaired) electrons. The lowest BCUT2D eigenvalue weighted by atomic mass is 10.2. The zero-order valence-corrected chi connectivity index (χ0v) is 13.7. The van der Waals surface area contributed by atoms with Gasteiger partial charge in [0, 0.05) is 31.1 Å². The lowest BCUT2D eigenvalue weighted by Crippen LogP contribution is -2.35. The van der Waals surface area contributed by atoms with Gasteiger partial charge in [0.05, 0.1) is 18.8 Å². The molecule has 7 heteroatoms. The van der Waals surface area contributed by atoms with Crippen molar-refractivity contribution in [2.24, 2.45) is 0 Å². The number of aromatic nitrogens is 3. The summed E-state index contributed by atoms with van der Waals surface area (Å²) in [6, 6.07) is 0.0828. The molecule has 2 aromatic rings. The van der Waals surface area contributed by atoms with E-state index < -0.39 is 0 Å². The fourth-order valence-corrected chi connectivity index (χ4v) is 2.77. The smallest absolute Gasteiger partial charge is 0.257 e. The molecule has 1 atom stereocenters. The first-order valence-corrected chi connectivity index (χ1v) is 8.14. The highest BCUT2D eigenvalue weighted by Crippen LogP contribution is 2.12. The summed E-state index contributed by atoms with van der Waals surface area (Å²) in [5, 5.41) is 7.25. The molecule has 1 N–H and O–H groups in total. The van der Waals surface area contributed by atoms with Crippen LogP contribution in [0, 0.1) is 0 Å². The van der Waals surface area contributed by atoms with Crippen molar-refractivity contribution in [2.75, 3.05) is 26.3 Å². The molecule has 1 amide bonds. The second kappa shape index (κ2) is 7.06. The van der Waals surface area contributed by atoms with Crippen molar-refractivity contribution >= 4 is 11.6 Å². The van der Waals surface area contributed by atoms with Crippen LogP contribution < -0.4 is 5.32 Å². The molecule has 0 aliphatic carbocycles. The minimum atomic E-state index is -0.139. The molecule has 1 fully saturated rings. The van der Waals surface area contributed by atoms with Gasteiger partial charge in [0.25, 0.3) is 5.91 Å². The lowest BCUT2D eigenvalue weighted by Gasteiger charge is -2.17. The van der Waals surface area contributed by atoms with Crippen molar-refractivity contribution in [3.8, 4) is 0 Å². The van der Waals surface area contributed by atoms with Gasteiger partial charge in [-0.1, -0.05) is 13.8 Å². The quantitative estimate of drug-likeness (QED) is 0.863. The molecular weight excluding hydrogens is 294 g/mol. The van der Waals surface area contributed by atoms with Crippen molar-refractivity contribution in [1.82, 2.24) is 24.8 Å². The Bertz CT molecular complexity index is 674. The number of fused-ring (bicyclic) bond motifs is 1. The topological polar surface area (TPSA) is 71.8 Å². The first-order chi connectivity index (χ1) is 11.2. The summed E-state index contributed by atoms with van der Waals surface area (Å²) in [5.41, 5.74) is 2.18. The predicted molar refractivity (Wildman–Crippen MR) is 86.3 cm³/mol. The molecule has 2 aromatic heterocycles. The van der Waals surface area contributed by atoms with Gasteiger partial charge in [-0.25, -0.2) is 9.50 Å². The van der Waals surface area contributed by atoms with Gasteiger partial charge in [-0.3, -0.25) is 9.69 Å². The standard InChI is InChI=1S/C16H23N5O2/c1-3-20(4-2)9-12-7-17-15-14(8-18-21(15)10-12)16(22)19-13-5-6-23-11-13/h7-8,10,13H,3-6,9,11H2,1-2H3,(H,19,22)/t13-/m0/s1. The number of ether oxygens (including phenoxy) is 1. The monoisotopic (exact) mass is 317 g/mol. The maximum Gasteiger partial charge on any atom is 0.257 e. The number of rotatable bonds is 6. The molecule has 0 bridgehead atoms. The van der Waals surface area contributed by atoms with Gasteiger partial charge >= 0.3 is 0 Å². The summed E-state index contributed by atoms with van der Waals surface area (Å²) in [6.45, 7) is 8.36. The molecule has 3 rings (SSSR count). The average Bonchev–Trinajstić information content (AvgIpc) is 3.21. The summed E-state index contributed by atoms with van der Waals surface area (Å²) < 4.78 is 6.96. The number of hydrogen-bond donors (Lipinski definition) is 1. The number of nitrogens with one attached hydrogen (secondary N) is 1. The molecule has 1 aliphatic heterocycles. The molecule has 7 nitrogen and oxygen atoms in total. The van der Waals surface area contributed by atoms with Crippen molar-refractivity contribution < 1.29 is 9.53 Å². The van der Waals surface area contributed by atoms with Crippen LogP contribution in [0.4, 0.5) is 0 Å². The first kappa shape index (κ1) is 15.9. The van der Waals surface area contributed by atoms with E-state index in [0.717, 1.165) is 31.6 Å². The Morgan fingerprint density at radius 2 is 2.26 bits per heavy atom. The van der Waals surface area contributed by atoms with Crippen LogP contribution in [0.25, 0.3) is 5.65 Å². The number of nitrogens with zero attached hydrogens (tertiary/aromatic N) is 4. The van der Waals surface area contributed by atoms with E-state index >= 15 is 0 Å². The number of carbonyl (C=O) groups is 1. The van der Waals surface area contributed by atoms with Gasteiger partial charge in [0.1, 0.15) is 5.56 Å². The summed E-state index contributed by atoms with van der Waals surface area (Å²) in [7, 11) is 0. The van der Waals surface area contributed by atoms with Crippen molar-refractivity contribution in [2.45, 2.75) is 32.9 Å². The Morgan fingerprint density at radius 3 is 2.96 bits per heavy atom. The highest BCUT2D eigenvalue weighted by atomic mass is 16.5. The summed E-state index contributed by atoms with van der Waals surface area (Å²) in [4.78, 5) is 19.1. The molecule has 0 aromatic carbocycles. The van der Waals surface area contributed by atoms with E-state index in [1.807, 2.05) is 12.4 Å². The second-order valence-electron chi connectivity index (χ2n) is 5.78. The highest BCUT2D eigenvalue weighted by molar-refractivity contribution is 5.99. The minimum absolute atomic E-state index is 0.0828. The molecular formula is C16H23N5O2. The Hall–Kier alpha value is -1.99. The summed E-state index contributed by atoms with van der Waals surface area (Å²) in [5.74, 6) is -0.139. The molecule has 1 saturated heterocycles. The van der Waals surface area contributed by atoms with Gasteiger partial charge in [-0.2, -0.15) is 5.10 Å². The van der Waals surface area contributed by atoms with Crippen LogP contribution in [-0.4, -0.2) is 57.8 Å². The fraction of sp³-hybridized carbons (Fsp3) is 0.562. The minimum Gasteiger partial charge on any atom is -0.379 e.